The van der Waals surface area contributed by atoms with Gasteiger partial charge in [0.05, 0.1) is 24.1 Å². The van der Waals surface area contributed by atoms with Gasteiger partial charge in [0.15, 0.2) is 0 Å². The number of Topliss-reactive ketones (excluding diaryl/α,β-unsaturated/α-hetero) is 1. The third-order valence-corrected chi connectivity index (χ3v) is 3.40. The molecular weight excluding hydrogens is 274 g/mol. The van der Waals surface area contributed by atoms with Gasteiger partial charge in [-0.1, -0.05) is 11.6 Å². The monoisotopic (exact) mass is 285 g/mol. The quantitative estimate of drug-likeness (QED) is 0.871. The number of carboxylic acids is 1. The highest BCUT2D eigenvalue weighted by atomic mass is 16.4. The number of carbonyl (C=O) groups is 3. The normalized spacial score (nSPS) is 13.7. The van der Waals surface area contributed by atoms with Crippen molar-refractivity contribution in [3.8, 4) is 0 Å². The number of fused-ring (bicyclic) bond motifs is 1. The highest BCUT2D eigenvalue weighted by Crippen LogP contribution is 2.31. The molecular formula is C15H11NO5. The standard InChI is InChI=1S/C15H11NO5/c1-8-2-3-11-10(6-8)12(17)14(18)16(11)7-9-4-5-21-13(9)15(19)20/h2-6H,7H2,1H3,(H,19,20). The third kappa shape index (κ3) is 2.01. The van der Waals surface area contributed by atoms with Gasteiger partial charge in [0.25, 0.3) is 11.7 Å². The Kier molecular flexibility index (Phi) is 2.86. The van der Waals surface area contributed by atoms with Crippen molar-refractivity contribution in [1.82, 2.24) is 0 Å². The minimum atomic E-state index is -1.21. The average Bonchev–Trinajstić information content (AvgIpc) is 2.99. The predicted molar refractivity (Wildman–Crippen MR) is 72.4 cm³/mol. The maximum Gasteiger partial charge on any atom is 0.372 e. The molecule has 2 heterocycles. The summed E-state index contributed by atoms with van der Waals surface area (Å²) < 4.78 is 4.88. The molecule has 1 N–H and O–H groups in total. The van der Waals surface area contributed by atoms with E-state index in [9.17, 15) is 14.4 Å². The maximum atomic E-state index is 12.1. The molecule has 21 heavy (non-hydrogen) atoms. The molecule has 6 nitrogen and oxygen atoms in total. The Balaban J connectivity index is 2.01. The van der Waals surface area contributed by atoms with Crippen LogP contribution in [-0.2, 0) is 11.3 Å². The fourth-order valence-corrected chi connectivity index (χ4v) is 2.39. The number of aryl methyl sites for hydroxylation is 1. The summed E-state index contributed by atoms with van der Waals surface area (Å²) in [5, 5.41) is 9.01. The van der Waals surface area contributed by atoms with E-state index >= 15 is 0 Å². The first-order valence-corrected chi connectivity index (χ1v) is 6.25. The van der Waals surface area contributed by atoms with E-state index < -0.39 is 17.7 Å². The van der Waals surface area contributed by atoms with Crippen molar-refractivity contribution < 1.29 is 23.9 Å². The van der Waals surface area contributed by atoms with Gasteiger partial charge in [-0.15, -0.1) is 0 Å². The van der Waals surface area contributed by atoms with Gasteiger partial charge in [0, 0.05) is 5.56 Å². The number of carboxylic acid groups (broad SMARTS) is 1. The van der Waals surface area contributed by atoms with Crippen LogP contribution in [0.1, 0.15) is 32.0 Å². The van der Waals surface area contributed by atoms with Crippen molar-refractivity contribution in [3.63, 3.8) is 0 Å². The third-order valence-electron chi connectivity index (χ3n) is 3.40. The highest BCUT2D eigenvalue weighted by Gasteiger charge is 2.36. The van der Waals surface area contributed by atoms with Crippen molar-refractivity contribution in [2.75, 3.05) is 4.90 Å². The molecule has 3 rings (SSSR count). The molecule has 1 aliphatic heterocycles. The second-order valence-electron chi connectivity index (χ2n) is 4.82. The molecule has 2 aromatic rings. The maximum absolute atomic E-state index is 12.1. The van der Waals surface area contributed by atoms with Crippen molar-refractivity contribution in [2.45, 2.75) is 13.5 Å². The number of carbonyl (C=O) groups excluding carboxylic acids is 2. The van der Waals surface area contributed by atoms with Crippen LogP contribution in [0, 0.1) is 6.92 Å². The lowest BCUT2D eigenvalue weighted by Crippen LogP contribution is -2.29. The lowest BCUT2D eigenvalue weighted by molar-refractivity contribution is -0.114. The van der Waals surface area contributed by atoms with Gasteiger partial charge >= 0.3 is 5.97 Å². The molecule has 106 valence electrons. The fourth-order valence-electron chi connectivity index (χ4n) is 2.39. The van der Waals surface area contributed by atoms with E-state index in [1.54, 1.807) is 18.2 Å². The Morgan fingerprint density at radius 2 is 2.05 bits per heavy atom. The summed E-state index contributed by atoms with van der Waals surface area (Å²) in [6, 6.07) is 6.62. The Hall–Kier alpha value is -2.89. The summed E-state index contributed by atoms with van der Waals surface area (Å²) in [6.07, 6.45) is 1.25. The molecule has 6 heteroatoms. The average molecular weight is 285 g/mol. The minimum Gasteiger partial charge on any atom is -0.475 e. The lowest BCUT2D eigenvalue weighted by atomic mass is 10.1. The van der Waals surface area contributed by atoms with Crippen LogP contribution in [0.3, 0.4) is 0 Å². The largest absolute Gasteiger partial charge is 0.475 e. The zero-order valence-corrected chi connectivity index (χ0v) is 11.1. The van der Waals surface area contributed by atoms with E-state index in [4.69, 9.17) is 9.52 Å². The fraction of sp³-hybridized carbons (Fsp3) is 0.133. The summed E-state index contributed by atoms with van der Waals surface area (Å²) in [5.74, 6) is -2.67. The van der Waals surface area contributed by atoms with Crippen LogP contribution in [0.2, 0.25) is 0 Å². The smallest absolute Gasteiger partial charge is 0.372 e. The van der Waals surface area contributed by atoms with Crippen LogP contribution in [0.4, 0.5) is 5.69 Å². The molecule has 0 unspecified atom stereocenters. The van der Waals surface area contributed by atoms with E-state index in [0.717, 1.165) is 5.56 Å². The molecule has 0 fully saturated rings. The second-order valence-corrected chi connectivity index (χ2v) is 4.82. The Morgan fingerprint density at radius 1 is 1.29 bits per heavy atom. The van der Waals surface area contributed by atoms with Crippen LogP contribution < -0.4 is 4.90 Å². The molecule has 0 spiro atoms. The summed E-state index contributed by atoms with van der Waals surface area (Å²) in [5.41, 5.74) is 2.07. The Labute approximate surface area is 119 Å². The van der Waals surface area contributed by atoms with Crippen LogP contribution in [0.5, 0.6) is 0 Å². The first-order chi connectivity index (χ1) is 9.99. The molecule has 0 aliphatic carbocycles. The number of amides is 1. The van der Waals surface area contributed by atoms with Crippen molar-refractivity contribution in [1.29, 1.82) is 0 Å². The van der Waals surface area contributed by atoms with Gasteiger partial charge < -0.3 is 14.4 Å². The number of nitrogens with zero attached hydrogens (tertiary/aromatic N) is 1. The number of aromatic carboxylic acids is 1. The van der Waals surface area contributed by atoms with Crippen molar-refractivity contribution in [3.05, 3.63) is 53.0 Å². The Bertz CT molecular complexity index is 774. The summed E-state index contributed by atoms with van der Waals surface area (Å²) >= 11 is 0. The lowest BCUT2D eigenvalue weighted by Gasteiger charge is -2.15. The van der Waals surface area contributed by atoms with Crippen molar-refractivity contribution >= 4 is 23.3 Å². The number of hydrogen-bond donors (Lipinski definition) is 1. The Morgan fingerprint density at radius 3 is 2.76 bits per heavy atom. The number of rotatable bonds is 3. The summed E-state index contributed by atoms with van der Waals surface area (Å²) in [7, 11) is 0. The van der Waals surface area contributed by atoms with E-state index in [1.165, 1.54) is 17.2 Å². The van der Waals surface area contributed by atoms with Crippen LogP contribution in [0.15, 0.2) is 34.9 Å². The van der Waals surface area contributed by atoms with E-state index in [-0.39, 0.29) is 12.3 Å². The number of hydrogen-bond acceptors (Lipinski definition) is 4. The van der Waals surface area contributed by atoms with Crippen LogP contribution in [-0.4, -0.2) is 22.8 Å². The number of furan rings is 1. The van der Waals surface area contributed by atoms with Crippen LogP contribution in [0.25, 0.3) is 0 Å². The number of benzene rings is 1. The van der Waals surface area contributed by atoms with E-state index in [0.29, 0.717) is 16.8 Å². The zero-order valence-electron chi connectivity index (χ0n) is 11.1. The molecule has 1 aromatic heterocycles. The van der Waals surface area contributed by atoms with Gasteiger partial charge in [0.1, 0.15) is 0 Å². The van der Waals surface area contributed by atoms with Gasteiger partial charge in [-0.2, -0.15) is 0 Å². The summed E-state index contributed by atoms with van der Waals surface area (Å²) in [6.45, 7) is 1.82. The topological polar surface area (TPSA) is 87.8 Å². The molecule has 0 saturated heterocycles. The second kappa shape index (κ2) is 4.59. The molecule has 1 aliphatic rings. The SMILES string of the molecule is Cc1ccc2c(c1)C(=O)C(=O)N2Cc1ccoc1C(=O)O. The number of anilines is 1. The van der Waals surface area contributed by atoms with Gasteiger partial charge in [0.2, 0.25) is 5.76 Å². The molecule has 0 bridgehead atoms. The molecule has 0 atom stereocenters. The van der Waals surface area contributed by atoms with E-state index in [1.807, 2.05) is 6.92 Å². The first kappa shape index (κ1) is 13.1. The molecule has 1 aromatic carbocycles. The molecule has 0 radical (unpaired) electrons. The van der Waals surface area contributed by atoms with Crippen molar-refractivity contribution in [2.24, 2.45) is 0 Å². The zero-order chi connectivity index (χ0) is 15.1. The molecule has 0 saturated carbocycles. The van der Waals surface area contributed by atoms with E-state index in [2.05, 4.69) is 0 Å². The van der Waals surface area contributed by atoms with Gasteiger partial charge in [-0.3, -0.25) is 9.59 Å². The minimum absolute atomic E-state index is 0.0151. The highest BCUT2D eigenvalue weighted by molar-refractivity contribution is 6.52. The predicted octanol–water partition coefficient (Wildman–Crippen LogP) is 2.02. The molecule has 1 amide bonds. The van der Waals surface area contributed by atoms with Crippen LogP contribution >= 0.6 is 0 Å². The number of ketones is 1. The summed E-state index contributed by atoms with van der Waals surface area (Å²) in [4.78, 5) is 36.4. The van der Waals surface area contributed by atoms with Gasteiger partial charge in [-0.25, -0.2) is 4.79 Å². The first-order valence-electron chi connectivity index (χ1n) is 6.25. The van der Waals surface area contributed by atoms with Gasteiger partial charge in [-0.05, 0) is 25.1 Å².